The first kappa shape index (κ1) is 19.2. The predicted octanol–water partition coefficient (Wildman–Crippen LogP) is 3.44. The molecule has 4 rings (SSSR count). The van der Waals surface area contributed by atoms with Gasteiger partial charge in [0.05, 0.1) is 0 Å². The fraction of sp³-hybridized carbons (Fsp3) is 0.565. The molecule has 2 aliphatic rings. The summed E-state index contributed by atoms with van der Waals surface area (Å²) < 4.78 is 0. The molecule has 1 aromatic carbocycles. The van der Waals surface area contributed by atoms with Crippen LogP contribution < -0.4 is 5.32 Å². The second-order valence-corrected chi connectivity index (χ2v) is 8.72. The maximum Gasteiger partial charge on any atom is 0.217 e. The van der Waals surface area contributed by atoms with Crippen LogP contribution in [0.2, 0.25) is 0 Å². The van der Waals surface area contributed by atoms with E-state index in [-0.39, 0.29) is 5.91 Å². The monoisotopic (exact) mass is 381 g/mol. The number of hydrogen-bond donors (Lipinski definition) is 2. The third-order valence-corrected chi connectivity index (χ3v) is 6.67. The van der Waals surface area contributed by atoms with E-state index in [0.717, 1.165) is 35.2 Å². The highest BCUT2D eigenvalue weighted by Gasteiger charge is 2.40. The van der Waals surface area contributed by atoms with Crippen LogP contribution in [0.3, 0.4) is 0 Å². The van der Waals surface area contributed by atoms with Gasteiger partial charge in [-0.15, -0.1) is 0 Å². The predicted molar refractivity (Wildman–Crippen MR) is 111 cm³/mol. The molecule has 150 valence electrons. The van der Waals surface area contributed by atoms with E-state index >= 15 is 0 Å². The molecule has 5 nitrogen and oxygen atoms in total. The minimum Gasteiger partial charge on any atom is -0.361 e. The van der Waals surface area contributed by atoms with E-state index < -0.39 is 5.54 Å². The van der Waals surface area contributed by atoms with Gasteiger partial charge in [-0.3, -0.25) is 9.69 Å². The van der Waals surface area contributed by atoms with Crippen molar-refractivity contribution in [2.45, 2.75) is 63.5 Å². The van der Waals surface area contributed by atoms with Gasteiger partial charge in [0.1, 0.15) is 11.8 Å². The number of likely N-dealkylation sites (tertiary alicyclic amines) is 1. The molecule has 28 heavy (non-hydrogen) atoms. The van der Waals surface area contributed by atoms with Gasteiger partial charge >= 0.3 is 0 Å². The zero-order valence-corrected chi connectivity index (χ0v) is 16.7. The minimum atomic E-state index is -0.893. The minimum absolute atomic E-state index is 0.149. The Morgan fingerprint density at radius 3 is 2.86 bits per heavy atom. The highest BCUT2D eigenvalue weighted by atomic mass is 16.2. The summed E-state index contributed by atoms with van der Waals surface area (Å²) in [5.41, 5.74) is 1.25. The largest absolute Gasteiger partial charge is 0.361 e. The van der Waals surface area contributed by atoms with Crippen LogP contribution >= 0.6 is 0 Å². The number of aromatic nitrogens is 1. The molecular weight excluding hydrogens is 350 g/mol. The Kier molecular flexibility index (Phi) is 5.54. The standard InChI is InChI=1S/C23H31N3O2/c1-17(28)25-23(16-27,13-19-14-24-21-10-4-3-9-20(19)21)15-26-12-6-8-18-7-2-5-11-22(18)26/h3-4,9-10,14,16,18,22,24H,2,5-8,11-13,15H2,1H3,(H,25,28). The number of hydrogen-bond acceptors (Lipinski definition) is 3. The van der Waals surface area contributed by atoms with E-state index in [9.17, 15) is 9.59 Å². The van der Waals surface area contributed by atoms with E-state index in [0.29, 0.717) is 19.0 Å². The summed E-state index contributed by atoms with van der Waals surface area (Å²) in [4.78, 5) is 30.2. The van der Waals surface area contributed by atoms with Gasteiger partial charge in [0.15, 0.2) is 0 Å². The number of aldehydes is 1. The molecular formula is C23H31N3O2. The first-order chi connectivity index (χ1) is 13.6. The SMILES string of the molecule is CC(=O)NC(C=O)(Cc1c[nH]c2ccccc12)CN1CCCC2CCCCC21. The first-order valence-corrected chi connectivity index (χ1v) is 10.6. The van der Waals surface area contributed by atoms with Gasteiger partial charge in [-0.25, -0.2) is 0 Å². The zero-order chi connectivity index (χ0) is 19.6. The fourth-order valence-corrected chi connectivity index (χ4v) is 5.50. The molecule has 5 heteroatoms. The maximum atomic E-state index is 12.4. The van der Waals surface area contributed by atoms with Crippen LogP contribution in [-0.4, -0.2) is 46.7 Å². The summed E-state index contributed by atoms with van der Waals surface area (Å²) in [7, 11) is 0. The average Bonchev–Trinajstić information content (AvgIpc) is 3.10. The Bertz CT molecular complexity index is 843. The second-order valence-electron chi connectivity index (χ2n) is 8.72. The van der Waals surface area contributed by atoms with Crippen molar-refractivity contribution in [3.05, 3.63) is 36.0 Å². The quantitative estimate of drug-likeness (QED) is 0.754. The molecule has 1 aromatic heterocycles. The van der Waals surface area contributed by atoms with Gasteiger partial charge < -0.3 is 15.1 Å². The molecule has 2 fully saturated rings. The Balaban J connectivity index is 1.62. The highest BCUT2D eigenvalue weighted by Crippen LogP contribution is 2.36. The number of H-pyrrole nitrogens is 1. The third kappa shape index (κ3) is 3.86. The van der Waals surface area contributed by atoms with E-state index in [2.05, 4.69) is 21.3 Å². The Morgan fingerprint density at radius 1 is 1.25 bits per heavy atom. The fourth-order valence-electron chi connectivity index (χ4n) is 5.50. The molecule has 1 saturated heterocycles. The summed E-state index contributed by atoms with van der Waals surface area (Å²) >= 11 is 0. The van der Waals surface area contributed by atoms with Crippen molar-refractivity contribution in [2.75, 3.05) is 13.1 Å². The van der Waals surface area contributed by atoms with E-state index in [1.54, 1.807) is 0 Å². The lowest BCUT2D eigenvalue weighted by molar-refractivity contribution is -0.126. The molecule has 0 bridgehead atoms. The topological polar surface area (TPSA) is 65.2 Å². The van der Waals surface area contributed by atoms with E-state index in [1.807, 2.05) is 24.4 Å². The van der Waals surface area contributed by atoms with Crippen molar-refractivity contribution in [2.24, 2.45) is 5.92 Å². The third-order valence-electron chi connectivity index (χ3n) is 6.67. The van der Waals surface area contributed by atoms with Gasteiger partial charge in [-0.2, -0.15) is 0 Å². The van der Waals surface area contributed by atoms with Crippen molar-refractivity contribution in [3.63, 3.8) is 0 Å². The molecule has 3 atom stereocenters. The molecule has 3 unspecified atom stereocenters. The number of piperidine rings is 1. The average molecular weight is 382 g/mol. The van der Waals surface area contributed by atoms with Gasteiger partial charge in [0, 0.05) is 43.0 Å². The summed E-state index contributed by atoms with van der Waals surface area (Å²) in [6.45, 7) is 3.12. The summed E-state index contributed by atoms with van der Waals surface area (Å²) in [6, 6.07) is 8.68. The van der Waals surface area contributed by atoms with Crippen molar-refractivity contribution in [1.82, 2.24) is 15.2 Å². The number of para-hydroxylation sites is 1. The number of nitrogens with zero attached hydrogens (tertiary/aromatic N) is 1. The zero-order valence-electron chi connectivity index (χ0n) is 16.7. The lowest BCUT2D eigenvalue weighted by atomic mass is 9.77. The first-order valence-electron chi connectivity index (χ1n) is 10.6. The van der Waals surface area contributed by atoms with Crippen LogP contribution in [0.15, 0.2) is 30.5 Å². The molecule has 1 saturated carbocycles. The molecule has 1 amide bonds. The number of amides is 1. The summed E-state index contributed by atoms with van der Waals surface area (Å²) in [5.74, 6) is 0.599. The Labute approximate surface area is 166 Å². The normalized spacial score (nSPS) is 25.0. The molecule has 2 heterocycles. The van der Waals surface area contributed by atoms with Crippen LogP contribution in [-0.2, 0) is 16.0 Å². The van der Waals surface area contributed by atoms with Crippen molar-refractivity contribution in [1.29, 1.82) is 0 Å². The number of rotatable bonds is 6. The number of benzene rings is 1. The van der Waals surface area contributed by atoms with Crippen LogP contribution in [0.5, 0.6) is 0 Å². The van der Waals surface area contributed by atoms with Gasteiger partial charge in [0.2, 0.25) is 5.91 Å². The van der Waals surface area contributed by atoms with Crippen LogP contribution in [0.4, 0.5) is 0 Å². The molecule has 1 aliphatic heterocycles. The lowest BCUT2D eigenvalue weighted by Gasteiger charge is -2.47. The van der Waals surface area contributed by atoms with Crippen LogP contribution in [0, 0.1) is 5.92 Å². The van der Waals surface area contributed by atoms with Crippen molar-refractivity contribution in [3.8, 4) is 0 Å². The molecule has 0 radical (unpaired) electrons. The lowest BCUT2D eigenvalue weighted by Crippen LogP contribution is -2.61. The summed E-state index contributed by atoms with van der Waals surface area (Å²) in [5, 5.41) is 4.15. The number of carbonyl (C=O) groups excluding carboxylic acids is 2. The van der Waals surface area contributed by atoms with Crippen LogP contribution in [0.1, 0.15) is 51.0 Å². The number of nitrogens with one attached hydrogen (secondary N) is 2. The van der Waals surface area contributed by atoms with Gasteiger partial charge in [0.25, 0.3) is 0 Å². The summed E-state index contributed by atoms with van der Waals surface area (Å²) in [6.07, 6.45) is 11.1. The van der Waals surface area contributed by atoms with E-state index in [4.69, 9.17) is 0 Å². The van der Waals surface area contributed by atoms with Crippen molar-refractivity contribution >= 4 is 23.1 Å². The van der Waals surface area contributed by atoms with Crippen molar-refractivity contribution < 1.29 is 9.59 Å². The molecule has 0 spiro atoms. The number of aromatic amines is 1. The molecule has 2 aromatic rings. The second kappa shape index (κ2) is 8.08. The highest BCUT2D eigenvalue weighted by molar-refractivity contribution is 5.85. The van der Waals surface area contributed by atoms with Gasteiger partial charge in [-0.05, 0) is 49.8 Å². The molecule has 1 aliphatic carbocycles. The molecule has 2 N–H and O–H groups in total. The smallest absolute Gasteiger partial charge is 0.217 e. The maximum absolute atomic E-state index is 12.4. The van der Waals surface area contributed by atoms with E-state index in [1.165, 1.54) is 45.4 Å². The number of carbonyl (C=O) groups is 2. The number of fused-ring (bicyclic) bond motifs is 2. The van der Waals surface area contributed by atoms with Crippen LogP contribution in [0.25, 0.3) is 10.9 Å². The Hall–Kier alpha value is -2.14. The van der Waals surface area contributed by atoms with Gasteiger partial charge in [-0.1, -0.05) is 31.0 Å². The Morgan fingerprint density at radius 2 is 2.04 bits per heavy atom.